The fraction of sp³-hybridized carbons (Fsp3) is 0.857. The van der Waals surface area contributed by atoms with Gasteiger partial charge < -0.3 is 9.47 Å². The molecule has 4 fully saturated rings. The summed E-state index contributed by atoms with van der Waals surface area (Å²) >= 11 is 0. The van der Waals surface area contributed by atoms with Crippen LogP contribution in [0, 0.1) is 11.8 Å². The topological polar surface area (TPSA) is 67.9 Å². The summed E-state index contributed by atoms with van der Waals surface area (Å²) in [7, 11) is 0. The van der Waals surface area contributed by atoms with Crippen LogP contribution in [0.4, 0.5) is 0 Å². The second-order valence-corrected chi connectivity index (χ2v) is 6.32. The van der Waals surface area contributed by atoms with Gasteiger partial charge in [-0.15, -0.1) is 0 Å². The lowest BCUT2D eigenvalue weighted by Gasteiger charge is -2.34. The lowest BCUT2D eigenvalue weighted by Crippen LogP contribution is -2.45. The van der Waals surface area contributed by atoms with Crippen LogP contribution in [0.1, 0.15) is 19.3 Å². The highest BCUT2D eigenvalue weighted by Gasteiger charge is 2.66. The molecule has 0 spiro atoms. The van der Waals surface area contributed by atoms with E-state index >= 15 is 0 Å². The zero-order chi connectivity index (χ0) is 13.7. The van der Waals surface area contributed by atoms with Crippen molar-refractivity contribution < 1.29 is 19.1 Å². The van der Waals surface area contributed by atoms with Gasteiger partial charge in [0.05, 0.1) is 36.8 Å². The molecule has 0 saturated carbocycles. The second-order valence-electron chi connectivity index (χ2n) is 6.32. The zero-order valence-electron chi connectivity index (χ0n) is 11.5. The number of morpholine rings is 1. The molecule has 4 unspecified atom stereocenters. The van der Waals surface area contributed by atoms with Crippen LogP contribution < -0.4 is 5.32 Å². The van der Waals surface area contributed by atoms with Crippen molar-refractivity contribution in [1.82, 2.24) is 10.2 Å². The molecule has 4 rings (SSSR count). The number of fused-ring (bicyclic) bond motifs is 5. The van der Waals surface area contributed by atoms with Crippen LogP contribution in [0.2, 0.25) is 0 Å². The minimum atomic E-state index is -0.399. The van der Waals surface area contributed by atoms with E-state index in [4.69, 9.17) is 9.47 Å². The summed E-state index contributed by atoms with van der Waals surface area (Å²) in [5, 5.41) is 2.49. The van der Waals surface area contributed by atoms with Gasteiger partial charge in [-0.1, -0.05) is 0 Å². The Balaban J connectivity index is 1.48. The Morgan fingerprint density at radius 1 is 1.25 bits per heavy atom. The van der Waals surface area contributed by atoms with Crippen molar-refractivity contribution in [2.75, 3.05) is 32.8 Å². The van der Waals surface area contributed by atoms with Crippen LogP contribution in [0.25, 0.3) is 0 Å². The molecular weight excluding hydrogens is 260 g/mol. The smallest absolute Gasteiger partial charge is 0.233 e. The Labute approximate surface area is 117 Å². The van der Waals surface area contributed by atoms with Crippen molar-refractivity contribution in [3.8, 4) is 0 Å². The quantitative estimate of drug-likeness (QED) is 0.708. The van der Waals surface area contributed by atoms with Crippen LogP contribution in [-0.2, 0) is 19.1 Å². The lowest BCUT2D eigenvalue weighted by molar-refractivity contribution is -0.131. The molecule has 0 aromatic rings. The van der Waals surface area contributed by atoms with Gasteiger partial charge in [-0.3, -0.25) is 19.8 Å². The summed E-state index contributed by atoms with van der Waals surface area (Å²) in [4.78, 5) is 26.3. The van der Waals surface area contributed by atoms with Crippen LogP contribution in [0.15, 0.2) is 0 Å². The Hall–Kier alpha value is -0.980. The molecule has 0 radical (unpaired) electrons. The van der Waals surface area contributed by atoms with Gasteiger partial charge in [0.2, 0.25) is 11.8 Å². The molecule has 1 N–H and O–H groups in total. The number of carbonyl (C=O) groups excluding carboxylic acids is 2. The first kappa shape index (κ1) is 12.7. The molecule has 4 saturated heterocycles. The van der Waals surface area contributed by atoms with Gasteiger partial charge in [0.1, 0.15) is 0 Å². The molecule has 2 bridgehead atoms. The van der Waals surface area contributed by atoms with Crippen LogP contribution in [0.3, 0.4) is 0 Å². The van der Waals surface area contributed by atoms with E-state index in [1.54, 1.807) is 0 Å². The normalized spacial score (nSPS) is 43.9. The number of ether oxygens (including phenoxy) is 2. The summed E-state index contributed by atoms with van der Waals surface area (Å²) in [6.07, 6.45) is 2.61. The Kier molecular flexibility index (Phi) is 2.87. The summed E-state index contributed by atoms with van der Waals surface area (Å²) in [6.45, 7) is 4.36. The maximum atomic E-state index is 12.1. The van der Waals surface area contributed by atoms with E-state index in [1.807, 2.05) is 0 Å². The molecule has 20 heavy (non-hydrogen) atoms. The van der Waals surface area contributed by atoms with Gasteiger partial charge in [0, 0.05) is 19.6 Å². The number of hydrogen-bond donors (Lipinski definition) is 1. The number of hydrogen-bond acceptors (Lipinski definition) is 5. The first-order chi connectivity index (χ1) is 9.70. The molecular formula is C14H20N2O4. The number of imide groups is 1. The van der Waals surface area contributed by atoms with Crippen molar-refractivity contribution in [2.45, 2.75) is 31.0 Å². The van der Waals surface area contributed by atoms with E-state index in [-0.39, 0.29) is 29.8 Å². The fourth-order valence-electron chi connectivity index (χ4n) is 4.35. The van der Waals surface area contributed by atoms with E-state index in [0.29, 0.717) is 0 Å². The van der Waals surface area contributed by atoms with E-state index < -0.39 is 5.60 Å². The first-order valence-corrected chi connectivity index (χ1v) is 7.52. The molecule has 6 heteroatoms. The summed E-state index contributed by atoms with van der Waals surface area (Å²) in [5.74, 6) is -0.738. The predicted molar refractivity (Wildman–Crippen MR) is 68.8 cm³/mol. The molecule has 4 heterocycles. The number of nitrogens with one attached hydrogen (secondary N) is 1. The Morgan fingerprint density at radius 3 is 2.85 bits per heavy atom. The highest BCUT2D eigenvalue weighted by atomic mass is 16.5. The maximum absolute atomic E-state index is 12.1. The summed E-state index contributed by atoms with van der Waals surface area (Å²) in [6, 6.07) is 0. The van der Waals surface area contributed by atoms with Crippen molar-refractivity contribution in [1.29, 1.82) is 0 Å². The van der Waals surface area contributed by atoms with E-state index in [9.17, 15) is 9.59 Å². The largest absolute Gasteiger partial charge is 0.379 e. The van der Waals surface area contributed by atoms with Crippen LogP contribution in [-0.4, -0.2) is 61.3 Å². The SMILES string of the molecule is O=C1NC(=O)C2C1C1CCC2(CCN2CCOCC2)O1. The molecule has 0 aromatic heterocycles. The second kappa shape index (κ2) is 4.51. The summed E-state index contributed by atoms with van der Waals surface area (Å²) in [5.41, 5.74) is -0.399. The number of carbonyl (C=O) groups is 2. The fourth-order valence-corrected chi connectivity index (χ4v) is 4.35. The zero-order valence-corrected chi connectivity index (χ0v) is 11.5. The third kappa shape index (κ3) is 1.75. The van der Waals surface area contributed by atoms with E-state index in [1.165, 1.54) is 0 Å². The molecule has 110 valence electrons. The van der Waals surface area contributed by atoms with Gasteiger partial charge in [0.15, 0.2) is 0 Å². The number of rotatable bonds is 3. The average molecular weight is 280 g/mol. The molecule has 0 aromatic carbocycles. The monoisotopic (exact) mass is 280 g/mol. The Morgan fingerprint density at radius 2 is 2.05 bits per heavy atom. The van der Waals surface area contributed by atoms with E-state index in [2.05, 4.69) is 10.2 Å². The van der Waals surface area contributed by atoms with Gasteiger partial charge >= 0.3 is 0 Å². The third-order valence-electron chi connectivity index (χ3n) is 5.35. The standard InChI is InChI=1S/C14H20N2O4/c17-12-10-9-1-2-14(20-9,11(10)13(18)15-12)3-4-16-5-7-19-8-6-16/h9-11H,1-8H2,(H,15,17,18). The molecule has 2 amide bonds. The Bertz CT molecular complexity index is 448. The predicted octanol–water partition coefficient (Wildman–Crippen LogP) is -0.471. The van der Waals surface area contributed by atoms with E-state index in [0.717, 1.165) is 52.1 Å². The minimum absolute atomic E-state index is 0.0452. The number of amides is 2. The highest BCUT2D eigenvalue weighted by molar-refractivity contribution is 6.06. The van der Waals surface area contributed by atoms with Crippen molar-refractivity contribution >= 4 is 11.8 Å². The van der Waals surface area contributed by atoms with Gasteiger partial charge in [0.25, 0.3) is 0 Å². The molecule has 4 aliphatic rings. The highest BCUT2D eigenvalue weighted by Crippen LogP contribution is 2.54. The average Bonchev–Trinajstić information content (AvgIpc) is 3.10. The van der Waals surface area contributed by atoms with Gasteiger partial charge in [-0.05, 0) is 19.3 Å². The first-order valence-electron chi connectivity index (χ1n) is 7.52. The van der Waals surface area contributed by atoms with Crippen LogP contribution >= 0.6 is 0 Å². The molecule has 4 atom stereocenters. The number of nitrogens with zero attached hydrogens (tertiary/aromatic N) is 1. The van der Waals surface area contributed by atoms with Gasteiger partial charge in [-0.2, -0.15) is 0 Å². The van der Waals surface area contributed by atoms with Crippen molar-refractivity contribution in [2.24, 2.45) is 11.8 Å². The molecule has 0 aliphatic carbocycles. The lowest BCUT2D eigenvalue weighted by atomic mass is 9.71. The third-order valence-corrected chi connectivity index (χ3v) is 5.35. The minimum Gasteiger partial charge on any atom is -0.379 e. The molecule has 4 aliphatic heterocycles. The van der Waals surface area contributed by atoms with Crippen molar-refractivity contribution in [3.63, 3.8) is 0 Å². The van der Waals surface area contributed by atoms with Crippen molar-refractivity contribution in [3.05, 3.63) is 0 Å². The molecule has 6 nitrogen and oxygen atoms in total. The maximum Gasteiger partial charge on any atom is 0.233 e. The van der Waals surface area contributed by atoms with Gasteiger partial charge in [-0.25, -0.2) is 0 Å². The summed E-state index contributed by atoms with van der Waals surface area (Å²) < 4.78 is 11.5. The van der Waals surface area contributed by atoms with Crippen LogP contribution in [0.5, 0.6) is 0 Å².